The van der Waals surface area contributed by atoms with Gasteiger partial charge in [-0.15, -0.1) is 11.3 Å². The molecule has 130 valence electrons. The second kappa shape index (κ2) is 6.32. The number of sulfonamides is 1. The largest absolute Gasteiger partial charge is 0.339 e. The van der Waals surface area contributed by atoms with Gasteiger partial charge < -0.3 is 4.52 Å². The highest BCUT2D eigenvalue weighted by Crippen LogP contribution is 2.34. The van der Waals surface area contributed by atoms with Crippen LogP contribution in [0.5, 0.6) is 0 Å². The van der Waals surface area contributed by atoms with Gasteiger partial charge in [-0.05, 0) is 30.7 Å². The Hall–Kier alpha value is -2.10. The Morgan fingerprint density at radius 1 is 1.32 bits per heavy atom. The van der Waals surface area contributed by atoms with E-state index in [1.165, 1.54) is 15.6 Å². The first kappa shape index (κ1) is 16.4. The number of hydrogen-bond donors (Lipinski definition) is 0. The van der Waals surface area contributed by atoms with E-state index in [4.69, 9.17) is 4.52 Å². The Labute approximate surface area is 149 Å². The zero-order valence-corrected chi connectivity index (χ0v) is 15.1. The third-order valence-electron chi connectivity index (χ3n) is 4.14. The van der Waals surface area contributed by atoms with Crippen LogP contribution in [0, 0.1) is 0 Å². The number of thiophene rings is 1. The van der Waals surface area contributed by atoms with Crippen molar-refractivity contribution in [1.82, 2.24) is 19.4 Å². The summed E-state index contributed by atoms with van der Waals surface area (Å²) in [6.07, 6.45) is 4.17. The SMILES string of the molecule is CCc1ccc(S(=O)(=O)N2CC(c3nc(-c4cccnc4)no3)C2)s1. The minimum Gasteiger partial charge on any atom is -0.339 e. The van der Waals surface area contributed by atoms with E-state index in [1.54, 1.807) is 24.5 Å². The molecule has 4 heterocycles. The number of pyridine rings is 1. The summed E-state index contributed by atoms with van der Waals surface area (Å²) in [5.41, 5.74) is 0.770. The molecule has 1 aliphatic rings. The quantitative estimate of drug-likeness (QED) is 0.680. The molecule has 0 aliphatic carbocycles. The molecule has 7 nitrogen and oxygen atoms in total. The molecule has 0 spiro atoms. The van der Waals surface area contributed by atoms with Crippen molar-refractivity contribution in [2.24, 2.45) is 0 Å². The average Bonchev–Trinajstić information content (AvgIpc) is 3.24. The van der Waals surface area contributed by atoms with Crippen LogP contribution in [0.3, 0.4) is 0 Å². The molecule has 0 atom stereocenters. The fourth-order valence-corrected chi connectivity index (χ4v) is 5.60. The van der Waals surface area contributed by atoms with Crippen molar-refractivity contribution < 1.29 is 12.9 Å². The van der Waals surface area contributed by atoms with E-state index in [2.05, 4.69) is 15.1 Å². The van der Waals surface area contributed by atoms with Crippen LogP contribution in [-0.2, 0) is 16.4 Å². The molecule has 3 aromatic heterocycles. The van der Waals surface area contributed by atoms with Crippen molar-refractivity contribution in [3.05, 3.63) is 47.4 Å². The summed E-state index contributed by atoms with van der Waals surface area (Å²) >= 11 is 1.33. The van der Waals surface area contributed by atoms with Gasteiger partial charge in [0.25, 0.3) is 10.0 Å². The van der Waals surface area contributed by atoms with Gasteiger partial charge >= 0.3 is 0 Å². The maximum Gasteiger partial charge on any atom is 0.252 e. The molecular weight excluding hydrogens is 360 g/mol. The van der Waals surface area contributed by atoms with E-state index in [-0.39, 0.29) is 5.92 Å². The van der Waals surface area contributed by atoms with E-state index < -0.39 is 10.0 Å². The minimum absolute atomic E-state index is 0.0710. The van der Waals surface area contributed by atoms with E-state index in [9.17, 15) is 8.42 Å². The second-order valence-electron chi connectivity index (χ2n) is 5.79. The Morgan fingerprint density at radius 2 is 2.16 bits per heavy atom. The van der Waals surface area contributed by atoms with Gasteiger partial charge in [-0.25, -0.2) is 8.42 Å². The molecule has 4 rings (SSSR count). The average molecular weight is 376 g/mol. The summed E-state index contributed by atoms with van der Waals surface area (Å²) in [6, 6.07) is 7.20. The maximum absolute atomic E-state index is 12.6. The molecule has 0 N–H and O–H groups in total. The molecule has 9 heteroatoms. The van der Waals surface area contributed by atoms with Crippen molar-refractivity contribution in [3.8, 4) is 11.4 Å². The van der Waals surface area contributed by atoms with Gasteiger partial charge in [0.05, 0.1) is 5.92 Å². The normalized spacial score (nSPS) is 16.0. The van der Waals surface area contributed by atoms with Crippen LogP contribution in [0.25, 0.3) is 11.4 Å². The second-order valence-corrected chi connectivity index (χ2v) is 9.12. The third kappa shape index (κ3) is 2.99. The topological polar surface area (TPSA) is 89.2 Å². The number of rotatable bonds is 5. The molecule has 1 aliphatic heterocycles. The molecule has 0 aromatic carbocycles. The highest BCUT2D eigenvalue weighted by Gasteiger charge is 2.41. The van der Waals surface area contributed by atoms with Crippen molar-refractivity contribution in [2.75, 3.05) is 13.1 Å². The zero-order chi connectivity index (χ0) is 17.4. The Kier molecular flexibility index (Phi) is 4.14. The Morgan fingerprint density at radius 3 is 2.84 bits per heavy atom. The number of aryl methyl sites for hydroxylation is 1. The molecule has 0 saturated carbocycles. The molecule has 1 fully saturated rings. The lowest BCUT2D eigenvalue weighted by Crippen LogP contribution is -2.48. The van der Waals surface area contributed by atoms with Crippen molar-refractivity contribution in [1.29, 1.82) is 0 Å². The summed E-state index contributed by atoms with van der Waals surface area (Å²) in [5, 5.41) is 3.96. The standard InChI is InChI=1S/C16H16N4O3S2/c1-2-13-5-6-14(24-13)25(21,22)20-9-12(10-20)16-18-15(19-23-16)11-4-3-7-17-8-11/h3-8,12H,2,9-10H2,1H3. The Bertz CT molecular complexity index is 976. The summed E-state index contributed by atoms with van der Waals surface area (Å²) in [6.45, 7) is 2.73. The summed E-state index contributed by atoms with van der Waals surface area (Å²) < 4.78 is 32.4. The third-order valence-corrected chi connectivity index (χ3v) is 7.67. The van der Waals surface area contributed by atoms with Crippen LogP contribution in [0.4, 0.5) is 0 Å². The van der Waals surface area contributed by atoms with Crippen molar-refractivity contribution >= 4 is 21.4 Å². The van der Waals surface area contributed by atoms with Gasteiger partial charge in [-0.1, -0.05) is 12.1 Å². The predicted octanol–water partition coefficient (Wildman–Crippen LogP) is 2.54. The maximum atomic E-state index is 12.6. The highest BCUT2D eigenvalue weighted by atomic mass is 32.2. The first-order valence-corrected chi connectivity index (χ1v) is 10.2. The lowest BCUT2D eigenvalue weighted by atomic mass is 10.0. The van der Waals surface area contributed by atoms with Crippen LogP contribution in [-0.4, -0.2) is 40.9 Å². The summed E-state index contributed by atoms with van der Waals surface area (Å²) in [7, 11) is -3.43. The van der Waals surface area contributed by atoms with Gasteiger partial charge in [0.1, 0.15) is 4.21 Å². The smallest absolute Gasteiger partial charge is 0.252 e. The minimum atomic E-state index is -3.43. The van der Waals surface area contributed by atoms with Gasteiger partial charge in [-0.2, -0.15) is 9.29 Å². The van der Waals surface area contributed by atoms with E-state index in [1.807, 2.05) is 19.1 Å². The van der Waals surface area contributed by atoms with Gasteiger partial charge in [0.15, 0.2) is 0 Å². The predicted molar refractivity (Wildman–Crippen MR) is 92.7 cm³/mol. The monoisotopic (exact) mass is 376 g/mol. The highest BCUT2D eigenvalue weighted by molar-refractivity contribution is 7.91. The van der Waals surface area contributed by atoms with Gasteiger partial charge in [0, 0.05) is 35.9 Å². The van der Waals surface area contributed by atoms with Crippen LogP contribution < -0.4 is 0 Å². The van der Waals surface area contributed by atoms with Gasteiger partial charge in [0.2, 0.25) is 11.7 Å². The van der Waals surface area contributed by atoms with Crippen molar-refractivity contribution in [3.63, 3.8) is 0 Å². The molecule has 0 unspecified atom stereocenters. The first-order chi connectivity index (χ1) is 12.1. The summed E-state index contributed by atoms with van der Waals surface area (Å²) in [5.74, 6) is 0.860. The fraction of sp³-hybridized carbons (Fsp3) is 0.312. The van der Waals surface area contributed by atoms with Crippen molar-refractivity contribution in [2.45, 2.75) is 23.5 Å². The molecule has 25 heavy (non-hydrogen) atoms. The van der Waals surface area contributed by atoms with E-state index >= 15 is 0 Å². The number of hydrogen-bond acceptors (Lipinski definition) is 7. The molecule has 3 aromatic rings. The van der Waals surface area contributed by atoms with Crippen LogP contribution in [0.15, 0.2) is 45.4 Å². The summed E-state index contributed by atoms with van der Waals surface area (Å²) in [4.78, 5) is 9.46. The first-order valence-electron chi connectivity index (χ1n) is 7.91. The zero-order valence-electron chi connectivity index (χ0n) is 13.5. The lowest BCUT2D eigenvalue weighted by Gasteiger charge is -2.35. The molecular formula is C16H16N4O3S2. The van der Waals surface area contributed by atoms with Crippen LogP contribution in [0.2, 0.25) is 0 Å². The van der Waals surface area contributed by atoms with Gasteiger partial charge in [-0.3, -0.25) is 4.98 Å². The fourth-order valence-electron chi connectivity index (χ4n) is 2.62. The Balaban J connectivity index is 1.46. The van der Waals surface area contributed by atoms with Crippen LogP contribution >= 0.6 is 11.3 Å². The van der Waals surface area contributed by atoms with E-state index in [0.717, 1.165) is 16.9 Å². The van der Waals surface area contributed by atoms with Crippen LogP contribution in [0.1, 0.15) is 23.6 Å². The number of nitrogens with zero attached hydrogens (tertiary/aromatic N) is 4. The molecule has 1 saturated heterocycles. The molecule has 0 bridgehead atoms. The number of aromatic nitrogens is 3. The molecule has 0 amide bonds. The molecule has 0 radical (unpaired) electrons. The van der Waals surface area contributed by atoms with E-state index in [0.29, 0.717) is 29.0 Å². The lowest BCUT2D eigenvalue weighted by molar-refractivity contribution is 0.217.